The lowest BCUT2D eigenvalue weighted by molar-refractivity contribution is -0.0379. The van der Waals surface area contributed by atoms with Crippen molar-refractivity contribution in [2.75, 3.05) is 24.2 Å². The molecule has 132 valence electrons. The average Bonchev–Trinajstić information content (AvgIpc) is 2.89. The van der Waals surface area contributed by atoms with Gasteiger partial charge in [-0.2, -0.15) is 0 Å². The molecule has 0 saturated carbocycles. The molecule has 24 heavy (non-hydrogen) atoms. The van der Waals surface area contributed by atoms with E-state index in [2.05, 4.69) is 26.1 Å². The molecule has 2 N–H and O–H groups in total. The van der Waals surface area contributed by atoms with Crippen molar-refractivity contribution in [2.24, 2.45) is 0 Å². The second kappa shape index (κ2) is 7.56. The number of hydrogen-bond donors (Lipinski definition) is 2. The summed E-state index contributed by atoms with van der Waals surface area (Å²) < 4.78 is 5.95. The molecular formula is C17H25N3O2S2. The molecule has 0 bridgehead atoms. The number of rotatable bonds is 7. The van der Waals surface area contributed by atoms with Gasteiger partial charge in [0.1, 0.15) is 10.6 Å². The van der Waals surface area contributed by atoms with Crippen LogP contribution in [0.5, 0.6) is 0 Å². The van der Waals surface area contributed by atoms with Crippen molar-refractivity contribution in [1.29, 1.82) is 0 Å². The lowest BCUT2D eigenvalue weighted by Gasteiger charge is -2.30. The number of aliphatic hydroxyl groups is 1. The highest BCUT2D eigenvalue weighted by Gasteiger charge is 2.31. The Morgan fingerprint density at radius 2 is 2.21 bits per heavy atom. The summed E-state index contributed by atoms with van der Waals surface area (Å²) in [5.41, 5.74) is 1.14. The van der Waals surface area contributed by atoms with E-state index >= 15 is 0 Å². The van der Waals surface area contributed by atoms with E-state index in [1.54, 1.807) is 23.1 Å². The molecule has 0 aromatic carbocycles. The van der Waals surface area contributed by atoms with E-state index in [-0.39, 0.29) is 12.2 Å². The zero-order valence-electron chi connectivity index (χ0n) is 14.5. The fourth-order valence-corrected chi connectivity index (χ4v) is 4.89. The third kappa shape index (κ3) is 3.85. The first kappa shape index (κ1) is 17.9. The molecule has 0 aliphatic carbocycles. The Kier molecular flexibility index (Phi) is 5.64. The minimum Gasteiger partial charge on any atom is -0.395 e. The zero-order chi connectivity index (χ0) is 17.2. The summed E-state index contributed by atoms with van der Waals surface area (Å²) in [6.07, 6.45) is 3.20. The largest absolute Gasteiger partial charge is 0.395 e. The fraction of sp³-hybridized carbons (Fsp3) is 0.647. The van der Waals surface area contributed by atoms with Crippen LogP contribution < -0.4 is 5.32 Å². The first-order valence-electron chi connectivity index (χ1n) is 8.48. The van der Waals surface area contributed by atoms with Crippen LogP contribution in [0.3, 0.4) is 0 Å². The van der Waals surface area contributed by atoms with Crippen molar-refractivity contribution in [3.63, 3.8) is 0 Å². The Morgan fingerprint density at radius 1 is 1.38 bits per heavy atom. The second-order valence-electron chi connectivity index (χ2n) is 6.62. The van der Waals surface area contributed by atoms with Crippen LogP contribution in [-0.2, 0) is 17.8 Å². The Balaban J connectivity index is 2.01. The Morgan fingerprint density at radius 3 is 2.96 bits per heavy atom. The first-order valence-corrected chi connectivity index (χ1v) is 10.3. The minimum atomic E-state index is -0.163. The van der Waals surface area contributed by atoms with Gasteiger partial charge in [0.05, 0.1) is 24.2 Å². The fourth-order valence-electron chi connectivity index (χ4n) is 2.80. The number of thiophene rings is 1. The number of unbranched alkanes of at least 4 members (excludes halogenated alkanes) is 1. The van der Waals surface area contributed by atoms with E-state index in [0.717, 1.165) is 39.8 Å². The normalized spacial score (nSPS) is 16.3. The summed E-state index contributed by atoms with van der Waals surface area (Å²) in [6, 6.07) is 0. The smallest absolute Gasteiger partial charge is 0.190 e. The van der Waals surface area contributed by atoms with Gasteiger partial charge in [-0.25, -0.2) is 9.97 Å². The van der Waals surface area contributed by atoms with Gasteiger partial charge in [-0.05, 0) is 25.8 Å². The van der Waals surface area contributed by atoms with Gasteiger partial charge in [0.15, 0.2) is 5.16 Å². The zero-order valence-corrected chi connectivity index (χ0v) is 16.1. The summed E-state index contributed by atoms with van der Waals surface area (Å²) in [5.74, 6) is 1.88. The van der Waals surface area contributed by atoms with Gasteiger partial charge in [0.25, 0.3) is 0 Å². The van der Waals surface area contributed by atoms with E-state index in [4.69, 9.17) is 14.7 Å². The quantitative estimate of drug-likeness (QED) is 0.440. The third-order valence-corrected chi connectivity index (χ3v) is 6.08. The number of aromatic nitrogens is 2. The predicted molar refractivity (Wildman–Crippen MR) is 101 cm³/mol. The molecule has 3 heterocycles. The molecule has 3 rings (SSSR count). The van der Waals surface area contributed by atoms with Crippen LogP contribution in [0.4, 0.5) is 5.82 Å². The highest BCUT2D eigenvalue weighted by Crippen LogP contribution is 2.41. The number of anilines is 1. The Labute approximate surface area is 151 Å². The maximum atomic E-state index is 9.19. The van der Waals surface area contributed by atoms with Crippen molar-refractivity contribution in [1.82, 2.24) is 9.97 Å². The van der Waals surface area contributed by atoms with E-state index in [9.17, 15) is 5.11 Å². The molecular weight excluding hydrogens is 342 g/mol. The molecule has 2 aromatic heterocycles. The highest BCUT2D eigenvalue weighted by atomic mass is 32.2. The van der Waals surface area contributed by atoms with Crippen LogP contribution in [0.1, 0.15) is 44.1 Å². The molecule has 0 radical (unpaired) electrons. The molecule has 0 atom stereocenters. The molecule has 7 heteroatoms. The topological polar surface area (TPSA) is 67.3 Å². The van der Waals surface area contributed by atoms with Crippen molar-refractivity contribution in [2.45, 2.75) is 57.4 Å². The van der Waals surface area contributed by atoms with Gasteiger partial charge >= 0.3 is 0 Å². The minimum absolute atomic E-state index is 0.0880. The van der Waals surface area contributed by atoms with Gasteiger partial charge < -0.3 is 15.2 Å². The van der Waals surface area contributed by atoms with Gasteiger partial charge in [0, 0.05) is 23.6 Å². The average molecular weight is 368 g/mol. The number of nitrogens with zero attached hydrogens (tertiary/aromatic N) is 2. The summed E-state index contributed by atoms with van der Waals surface area (Å²) in [6.45, 7) is 7.65. The number of nitrogens with one attached hydrogen (secondary N) is 1. The van der Waals surface area contributed by atoms with Crippen molar-refractivity contribution in [3.05, 3.63) is 10.4 Å². The van der Waals surface area contributed by atoms with Crippen LogP contribution >= 0.6 is 23.1 Å². The molecule has 1 aliphatic rings. The first-order chi connectivity index (χ1) is 11.5. The molecule has 5 nitrogen and oxygen atoms in total. The number of fused-ring (bicyclic) bond motifs is 3. The lowest BCUT2D eigenvalue weighted by Crippen LogP contribution is -2.31. The standard InChI is InChI=1S/C17H25N3O2S2/c1-4-5-8-23-16-19-14(18-6-7-21)13-11-9-17(2,3)22-10-12(11)24-15(13)20-16/h21H,4-10H2,1-3H3,(H,18,19,20). The number of thioether (sulfide) groups is 1. The van der Waals surface area contributed by atoms with E-state index in [0.29, 0.717) is 13.2 Å². The van der Waals surface area contributed by atoms with E-state index in [1.807, 2.05) is 0 Å². The van der Waals surface area contributed by atoms with Crippen molar-refractivity contribution >= 4 is 39.1 Å². The van der Waals surface area contributed by atoms with Crippen LogP contribution in [0.2, 0.25) is 0 Å². The molecule has 0 spiro atoms. The van der Waals surface area contributed by atoms with E-state index in [1.165, 1.54) is 16.9 Å². The van der Waals surface area contributed by atoms with Gasteiger partial charge in [-0.1, -0.05) is 25.1 Å². The molecule has 0 amide bonds. The monoisotopic (exact) mass is 367 g/mol. The van der Waals surface area contributed by atoms with Crippen LogP contribution in [-0.4, -0.2) is 39.6 Å². The van der Waals surface area contributed by atoms with Crippen LogP contribution in [0, 0.1) is 0 Å². The molecule has 0 unspecified atom stereocenters. The van der Waals surface area contributed by atoms with Crippen LogP contribution in [0.15, 0.2) is 5.16 Å². The van der Waals surface area contributed by atoms with Gasteiger partial charge in [-0.15, -0.1) is 11.3 Å². The third-order valence-electron chi connectivity index (χ3n) is 4.04. The number of aliphatic hydroxyl groups excluding tert-OH is 1. The summed E-state index contributed by atoms with van der Waals surface area (Å²) in [7, 11) is 0. The molecule has 1 aliphatic heterocycles. The SMILES string of the molecule is CCCCSc1nc(NCCO)c2c3c(sc2n1)COC(C)(C)C3. The molecule has 0 fully saturated rings. The summed E-state index contributed by atoms with van der Waals surface area (Å²) in [5, 5.41) is 14.4. The second-order valence-corrected chi connectivity index (χ2v) is 8.76. The number of hydrogen-bond acceptors (Lipinski definition) is 7. The van der Waals surface area contributed by atoms with Gasteiger partial charge in [0.2, 0.25) is 0 Å². The predicted octanol–water partition coefficient (Wildman–Crippen LogP) is 3.84. The van der Waals surface area contributed by atoms with Gasteiger partial charge in [-0.3, -0.25) is 0 Å². The Bertz CT molecular complexity index is 715. The highest BCUT2D eigenvalue weighted by molar-refractivity contribution is 7.99. The summed E-state index contributed by atoms with van der Waals surface area (Å²) >= 11 is 3.41. The van der Waals surface area contributed by atoms with Crippen molar-refractivity contribution in [3.8, 4) is 0 Å². The molecule has 0 saturated heterocycles. The maximum Gasteiger partial charge on any atom is 0.190 e. The summed E-state index contributed by atoms with van der Waals surface area (Å²) in [4.78, 5) is 11.8. The van der Waals surface area contributed by atoms with Crippen molar-refractivity contribution < 1.29 is 9.84 Å². The number of ether oxygens (including phenoxy) is 1. The van der Waals surface area contributed by atoms with E-state index < -0.39 is 0 Å². The maximum absolute atomic E-state index is 9.19. The van der Waals surface area contributed by atoms with Crippen LogP contribution in [0.25, 0.3) is 10.2 Å². The molecule has 2 aromatic rings. The Hall–Kier alpha value is -0.890. The lowest BCUT2D eigenvalue weighted by atomic mass is 9.94.